The van der Waals surface area contributed by atoms with Gasteiger partial charge in [-0.2, -0.15) is 10.2 Å². The average molecular weight is 490 g/mol. The van der Waals surface area contributed by atoms with Crippen molar-refractivity contribution >= 4 is 29.2 Å². The topological polar surface area (TPSA) is 157 Å². The Labute approximate surface area is 210 Å². The Morgan fingerprint density at radius 2 is 2.17 bits per heavy atom. The van der Waals surface area contributed by atoms with E-state index >= 15 is 0 Å². The molecule has 1 saturated carbocycles. The van der Waals surface area contributed by atoms with E-state index < -0.39 is 11.5 Å². The van der Waals surface area contributed by atoms with E-state index in [1.54, 1.807) is 26.0 Å². The molecule has 1 fully saturated rings. The van der Waals surface area contributed by atoms with Gasteiger partial charge >= 0.3 is 0 Å². The Balaban J connectivity index is 1.44. The summed E-state index contributed by atoms with van der Waals surface area (Å²) in [7, 11) is 0. The normalized spacial score (nSPS) is 19.4. The van der Waals surface area contributed by atoms with Crippen LogP contribution < -0.4 is 16.4 Å². The van der Waals surface area contributed by atoms with Crippen molar-refractivity contribution in [3.05, 3.63) is 53.2 Å². The highest BCUT2D eigenvalue weighted by molar-refractivity contribution is 6.18. The van der Waals surface area contributed by atoms with Crippen molar-refractivity contribution in [1.82, 2.24) is 14.9 Å². The Morgan fingerprint density at radius 1 is 1.39 bits per heavy atom. The number of benzene rings is 1. The van der Waals surface area contributed by atoms with Gasteiger partial charge in [-0.25, -0.2) is 4.98 Å². The molecule has 188 valence electrons. The van der Waals surface area contributed by atoms with E-state index in [1.165, 1.54) is 6.20 Å². The highest BCUT2D eigenvalue weighted by Crippen LogP contribution is 2.33. The van der Waals surface area contributed by atoms with E-state index in [1.807, 2.05) is 11.0 Å². The van der Waals surface area contributed by atoms with E-state index in [2.05, 4.69) is 33.2 Å². The van der Waals surface area contributed by atoms with Gasteiger partial charge in [0.25, 0.3) is 5.91 Å². The maximum atomic E-state index is 13.2. The molecular formula is C26H31N7O3. The number of nitrogens with one attached hydrogen (secondary N) is 2. The highest BCUT2D eigenvalue weighted by atomic mass is 16.3. The first-order valence-electron chi connectivity index (χ1n) is 12.0. The molecular weight excluding hydrogens is 458 g/mol. The molecule has 0 spiro atoms. The molecule has 4 rings (SSSR count). The molecule has 0 bridgehead atoms. The molecule has 1 aromatic carbocycles. The molecule has 10 heteroatoms. The molecule has 36 heavy (non-hydrogen) atoms. The number of aliphatic hydroxyl groups is 1. The van der Waals surface area contributed by atoms with Crippen LogP contribution in [0, 0.1) is 11.3 Å². The molecule has 1 aromatic heterocycles. The molecule has 2 amide bonds. The van der Waals surface area contributed by atoms with Gasteiger partial charge in [-0.15, -0.1) is 0 Å². The zero-order chi connectivity index (χ0) is 26.0. The third-order valence-electron chi connectivity index (χ3n) is 6.61. The third kappa shape index (κ3) is 5.47. The summed E-state index contributed by atoms with van der Waals surface area (Å²) in [6.45, 7) is 7.81. The predicted molar refractivity (Wildman–Crippen MR) is 136 cm³/mol. The minimum Gasteiger partial charge on any atom is -0.389 e. The van der Waals surface area contributed by atoms with Crippen LogP contribution in [-0.2, 0) is 11.3 Å². The van der Waals surface area contributed by atoms with Crippen molar-refractivity contribution in [1.29, 1.82) is 5.26 Å². The summed E-state index contributed by atoms with van der Waals surface area (Å²) in [6.07, 6.45) is 4.93. The number of rotatable bonds is 8. The van der Waals surface area contributed by atoms with Crippen LogP contribution in [0.4, 0.5) is 11.8 Å². The van der Waals surface area contributed by atoms with Crippen LogP contribution in [-0.4, -0.2) is 56.0 Å². The van der Waals surface area contributed by atoms with Crippen LogP contribution in [0.1, 0.15) is 66.6 Å². The van der Waals surface area contributed by atoms with Gasteiger partial charge in [0, 0.05) is 36.3 Å². The fraction of sp³-hybridized carbons (Fsp3) is 0.423. The molecule has 1 aliphatic heterocycles. The van der Waals surface area contributed by atoms with Crippen LogP contribution in [0.15, 0.2) is 31.0 Å². The Morgan fingerprint density at radius 3 is 2.86 bits per heavy atom. The van der Waals surface area contributed by atoms with E-state index in [9.17, 15) is 20.0 Å². The fourth-order valence-electron chi connectivity index (χ4n) is 4.68. The largest absolute Gasteiger partial charge is 0.389 e. The molecule has 0 radical (unpaired) electrons. The van der Waals surface area contributed by atoms with Crippen molar-refractivity contribution in [2.45, 2.75) is 63.8 Å². The van der Waals surface area contributed by atoms with E-state index in [0.29, 0.717) is 35.0 Å². The molecule has 0 unspecified atom stereocenters. The SMILES string of the molecule is C=C(C(N)=O)c1ccc2c(c1)C(=O)N([C@H]1CCC[C@@H](Nc3ncc(C#N)c(NCC(C)(C)O)n3)C1)C2. The lowest BCUT2D eigenvalue weighted by Crippen LogP contribution is -2.42. The monoisotopic (exact) mass is 489 g/mol. The highest BCUT2D eigenvalue weighted by Gasteiger charge is 2.36. The zero-order valence-electron chi connectivity index (χ0n) is 20.5. The number of primary amides is 1. The first-order valence-corrected chi connectivity index (χ1v) is 12.0. The van der Waals surface area contributed by atoms with Gasteiger partial charge < -0.3 is 26.4 Å². The number of nitrogens with zero attached hydrogens (tertiary/aromatic N) is 4. The number of anilines is 2. The van der Waals surface area contributed by atoms with Crippen molar-refractivity contribution in [2.24, 2.45) is 5.73 Å². The Bertz CT molecular complexity index is 1250. The van der Waals surface area contributed by atoms with Crippen LogP contribution in [0.3, 0.4) is 0 Å². The van der Waals surface area contributed by atoms with Crippen molar-refractivity contribution in [2.75, 3.05) is 17.2 Å². The molecule has 0 saturated heterocycles. The summed E-state index contributed by atoms with van der Waals surface area (Å²) >= 11 is 0. The molecule has 2 aliphatic rings. The maximum absolute atomic E-state index is 13.2. The molecule has 5 N–H and O–H groups in total. The quantitative estimate of drug-likeness (QED) is 0.412. The summed E-state index contributed by atoms with van der Waals surface area (Å²) in [5, 5.41) is 25.7. The summed E-state index contributed by atoms with van der Waals surface area (Å²) in [5.74, 6) is 0.0935. The van der Waals surface area contributed by atoms with Crippen LogP contribution in [0.2, 0.25) is 0 Å². The fourth-order valence-corrected chi connectivity index (χ4v) is 4.68. The molecule has 2 heterocycles. The number of aromatic nitrogens is 2. The second-order valence-electron chi connectivity index (χ2n) is 10.0. The number of nitrogens with two attached hydrogens (primary N) is 1. The van der Waals surface area contributed by atoms with E-state index in [-0.39, 0.29) is 30.1 Å². The number of hydrogen-bond donors (Lipinski definition) is 4. The summed E-state index contributed by atoms with van der Waals surface area (Å²) in [6, 6.07) is 7.51. The molecule has 2 aromatic rings. The summed E-state index contributed by atoms with van der Waals surface area (Å²) in [4.78, 5) is 35.4. The summed E-state index contributed by atoms with van der Waals surface area (Å²) in [5.41, 5.74) is 6.94. The van der Waals surface area contributed by atoms with Crippen LogP contribution >= 0.6 is 0 Å². The minimum atomic E-state index is -0.963. The number of nitriles is 1. The zero-order valence-corrected chi connectivity index (χ0v) is 20.5. The van der Waals surface area contributed by atoms with E-state index in [4.69, 9.17) is 5.73 Å². The number of fused-ring (bicyclic) bond motifs is 1. The number of amides is 2. The van der Waals surface area contributed by atoms with Gasteiger partial charge in [0.15, 0.2) is 0 Å². The molecule has 2 atom stereocenters. The number of carbonyl (C=O) groups excluding carboxylic acids is 2. The average Bonchev–Trinajstić information content (AvgIpc) is 3.18. The van der Waals surface area contributed by atoms with Crippen LogP contribution in [0.5, 0.6) is 0 Å². The molecule has 10 nitrogen and oxygen atoms in total. The second-order valence-corrected chi connectivity index (χ2v) is 10.0. The lowest BCUT2D eigenvalue weighted by Gasteiger charge is -2.35. The Kier molecular flexibility index (Phi) is 6.95. The van der Waals surface area contributed by atoms with Gasteiger partial charge in [0.1, 0.15) is 17.5 Å². The standard InChI is InChI=1S/C26H31N7O3/c1-15(22(28)34)16-7-8-17-13-33(24(35)21(17)9-16)20-6-4-5-19(10-20)31-25-29-12-18(11-27)23(32-25)30-14-26(2,3)36/h7-9,12,19-20,36H,1,4-6,10,13-14H2,2-3H3,(H2,28,34)(H2,29,30,31,32)/t19-,20+/m1/s1. The predicted octanol–water partition coefficient (Wildman–Crippen LogP) is 2.41. The van der Waals surface area contributed by atoms with Gasteiger partial charge in [0.2, 0.25) is 11.9 Å². The summed E-state index contributed by atoms with van der Waals surface area (Å²) < 4.78 is 0. The van der Waals surface area contributed by atoms with Gasteiger partial charge in [0.05, 0.1) is 11.8 Å². The smallest absolute Gasteiger partial charge is 0.254 e. The number of hydrogen-bond acceptors (Lipinski definition) is 8. The third-order valence-corrected chi connectivity index (χ3v) is 6.61. The minimum absolute atomic E-state index is 0.0464. The first-order chi connectivity index (χ1) is 17.1. The van der Waals surface area contributed by atoms with Gasteiger partial charge in [-0.3, -0.25) is 9.59 Å². The van der Waals surface area contributed by atoms with Crippen molar-refractivity contribution in [3.63, 3.8) is 0 Å². The second kappa shape index (κ2) is 9.95. The number of carbonyl (C=O) groups is 2. The van der Waals surface area contributed by atoms with Gasteiger partial charge in [-0.1, -0.05) is 18.7 Å². The van der Waals surface area contributed by atoms with E-state index in [0.717, 1.165) is 31.2 Å². The maximum Gasteiger partial charge on any atom is 0.254 e. The van der Waals surface area contributed by atoms with Crippen LogP contribution in [0.25, 0.3) is 5.57 Å². The van der Waals surface area contributed by atoms with Crippen molar-refractivity contribution in [3.8, 4) is 6.07 Å². The van der Waals surface area contributed by atoms with Crippen molar-refractivity contribution < 1.29 is 14.7 Å². The lowest BCUT2D eigenvalue weighted by molar-refractivity contribution is -0.112. The van der Waals surface area contributed by atoms with Gasteiger partial charge in [-0.05, 0) is 56.7 Å². The lowest BCUT2D eigenvalue weighted by atomic mass is 9.90. The molecule has 1 aliphatic carbocycles. The first kappa shape index (κ1) is 25.1. The Hall–Kier alpha value is -3.97.